The lowest BCUT2D eigenvalue weighted by Crippen LogP contribution is -2.50. The summed E-state index contributed by atoms with van der Waals surface area (Å²) in [6, 6.07) is 6.56. The minimum absolute atomic E-state index is 0.173. The highest BCUT2D eigenvalue weighted by atomic mass is 32.1. The fourth-order valence-corrected chi connectivity index (χ4v) is 4.73. The van der Waals surface area contributed by atoms with Gasteiger partial charge in [0, 0.05) is 23.3 Å². The molecule has 146 valence electrons. The van der Waals surface area contributed by atoms with Crippen LogP contribution < -0.4 is 15.8 Å². The van der Waals surface area contributed by atoms with Crippen LogP contribution in [-0.4, -0.2) is 22.7 Å². The third-order valence-corrected chi connectivity index (χ3v) is 6.13. The molecule has 0 spiro atoms. The Bertz CT molecular complexity index is 949. The maximum atomic E-state index is 12.6. The molecule has 0 atom stereocenters. The number of amides is 3. The molecular formula is C20H22N4O3S. The third kappa shape index (κ3) is 3.77. The topological polar surface area (TPSA) is 91.4 Å². The first-order chi connectivity index (χ1) is 13.3. The number of hydrogen-bond acceptors (Lipinski definition) is 5. The average Bonchev–Trinajstić information content (AvgIpc) is 3.04. The highest BCUT2D eigenvalue weighted by molar-refractivity contribution is 7.15. The molecule has 3 amide bonds. The quantitative estimate of drug-likeness (QED) is 0.831. The Morgan fingerprint density at radius 3 is 2.68 bits per heavy atom. The van der Waals surface area contributed by atoms with Gasteiger partial charge < -0.3 is 0 Å². The fraction of sp³-hybridized carbons (Fsp3) is 0.400. The van der Waals surface area contributed by atoms with Crippen LogP contribution in [0, 0.1) is 5.41 Å². The first kappa shape index (κ1) is 18.6. The lowest BCUT2D eigenvalue weighted by Gasteiger charge is -2.28. The fourth-order valence-electron chi connectivity index (χ4n) is 3.47. The van der Waals surface area contributed by atoms with E-state index in [-0.39, 0.29) is 36.0 Å². The molecule has 7 nitrogen and oxygen atoms in total. The van der Waals surface area contributed by atoms with E-state index in [1.54, 1.807) is 35.6 Å². The van der Waals surface area contributed by atoms with E-state index in [0.717, 1.165) is 25.0 Å². The van der Waals surface area contributed by atoms with Gasteiger partial charge in [0.2, 0.25) is 11.8 Å². The van der Waals surface area contributed by atoms with Gasteiger partial charge in [-0.3, -0.25) is 25.1 Å². The summed E-state index contributed by atoms with van der Waals surface area (Å²) in [4.78, 5) is 41.9. The van der Waals surface area contributed by atoms with E-state index >= 15 is 0 Å². The van der Waals surface area contributed by atoms with Gasteiger partial charge in [0.1, 0.15) is 0 Å². The second kappa shape index (κ2) is 7.01. The zero-order chi connectivity index (χ0) is 19.9. The average molecular weight is 398 g/mol. The lowest BCUT2D eigenvalue weighted by molar-refractivity contribution is -0.130. The zero-order valence-corrected chi connectivity index (χ0v) is 16.7. The predicted molar refractivity (Wildman–Crippen MR) is 107 cm³/mol. The molecule has 28 heavy (non-hydrogen) atoms. The first-order valence-electron chi connectivity index (χ1n) is 9.33. The summed E-state index contributed by atoms with van der Waals surface area (Å²) >= 11 is 1.54. The van der Waals surface area contributed by atoms with Gasteiger partial charge >= 0.3 is 0 Å². The molecule has 1 aliphatic carbocycles. The number of rotatable bonds is 3. The highest BCUT2D eigenvalue weighted by Gasteiger charge is 2.28. The molecule has 1 aromatic heterocycles. The second-order valence-corrected chi connectivity index (χ2v) is 9.08. The van der Waals surface area contributed by atoms with Crippen molar-refractivity contribution >= 4 is 39.9 Å². The van der Waals surface area contributed by atoms with Gasteiger partial charge in [-0.15, -0.1) is 11.3 Å². The standard InChI is InChI=1S/C20H22N4O3S/c1-20(2)10-9-14-15(11-20)28-19(21-14)22-18(27)12-3-5-13(6-4-12)24-17(26)8-7-16(25)23-24/h3-6H,7-11H2,1-2H3,(H,23,25)(H,21,22,27). The first-order valence-corrected chi connectivity index (χ1v) is 10.1. The Balaban J connectivity index is 1.45. The lowest BCUT2D eigenvalue weighted by atomic mass is 9.79. The second-order valence-electron chi connectivity index (χ2n) is 8.00. The Hall–Kier alpha value is -2.74. The molecule has 2 aliphatic rings. The maximum Gasteiger partial charge on any atom is 0.257 e. The van der Waals surface area contributed by atoms with Crippen LogP contribution in [0.5, 0.6) is 0 Å². The number of benzene rings is 1. The number of anilines is 2. The van der Waals surface area contributed by atoms with Gasteiger partial charge in [-0.2, -0.15) is 0 Å². The molecule has 8 heteroatoms. The maximum absolute atomic E-state index is 12.6. The van der Waals surface area contributed by atoms with Crippen molar-refractivity contribution in [2.24, 2.45) is 5.41 Å². The smallest absolute Gasteiger partial charge is 0.257 e. The number of carbonyl (C=O) groups excluding carboxylic acids is 3. The molecule has 2 N–H and O–H groups in total. The van der Waals surface area contributed by atoms with Crippen molar-refractivity contribution in [3.05, 3.63) is 40.4 Å². The van der Waals surface area contributed by atoms with Crippen molar-refractivity contribution in [3.63, 3.8) is 0 Å². The number of aromatic nitrogens is 1. The number of hydrazine groups is 1. The molecule has 1 aromatic carbocycles. The molecule has 2 heterocycles. The number of thiazole rings is 1. The van der Waals surface area contributed by atoms with Gasteiger partial charge in [-0.1, -0.05) is 13.8 Å². The summed E-state index contributed by atoms with van der Waals surface area (Å²) in [5, 5.41) is 4.72. The van der Waals surface area contributed by atoms with Crippen LogP contribution in [0.2, 0.25) is 0 Å². The molecule has 0 unspecified atom stereocenters. The summed E-state index contributed by atoms with van der Waals surface area (Å²) in [5.41, 5.74) is 4.90. The van der Waals surface area contributed by atoms with E-state index in [2.05, 4.69) is 29.6 Å². The van der Waals surface area contributed by atoms with Crippen LogP contribution >= 0.6 is 11.3 Å². The summed E-state index contributed by atoms with van der Waals surface area (Å²) in [6.07, 6.45) is 3.41. The van der Waals surface area contributed by atoms with Crippen LogP contribution in [0.3, 0.4) is 0 Å². The van der Waals surface area contributed by atoms with Crippen molar-refractivity contribution in [3.8, 4) is 0 Å². The molecule has 0 bridgehead atoms. The predicted octanol–water partition coefficient (Wildman–Crippen LogP) is 3.07. The van der Waals surface area contributed by atoms with Gasteiger partial charge in [0.05, 0.1) is 11.4 Å². The number of carbonyl (C=O) groups is 3. The molecule has 0 saturated carbocycles. The number of nitrogens with zero attached hydrogens (tertiary/aromatic N) is 2. The van der Waals surface area contributed by atoms with Crippen molar-refractivity contribution in [1.82, 2.24) is 10.4 Å². The molecule has 1 aliphatic heterocycles. The SMILES string of the molecule is CC1(C)CCc2nc(NC(=O)c3ccc(N4NC(=O)CCC4=O)cc3)sc2C1. The number of hydrogen-bond donors (Lipinski definition) is 2. The monoisotopic (exact) mass is 398 g/mol. The number of nitrogens with one attached hydrogen (secondary N) is 2. The van der Waals surface area contributed by atoms with Gasteiger partial charge in [-0.05, 0) is 48.9 Å². The summed E-state index contributed by atoms with van der Waals surface area (Å²) in [6.45, 7) is 4.51. The largest absolute Gasteiger partial charge is 0.298 e. The molecule has 2 aromatic rings. The number of aryl methyl sites for hydroxylation is 1. The Morgan fingerprint density at radius 1 is 1.18 bits per heavy atom. The van der Waals surface area contributed by atoms with E-state index in [1.807, 2.05) is 0 Å². The van der Waals surface area contributed by atoms with Crippen molar-refractivity contribution in [2.75, 3.05) is 10.3 Å². The minimum atomic E-state index is -0.245. The van der Waals surface area contributed by atoms with Gasteiger partial charge in [0.25, 0.3) is 5.91 Å². The Kier molecular flexibility index (Phi) is 4.66. The Morgan fingerprint density at radius 2 is 1.93 bits per heavy atom. The van der Waals surface area contributed by atoms with E-state index in [4.69, 9.17) is 0 Å². The highest BCUT2D eigenvalue weighted by Crippen LogP contribution is 2.38. The van der Waals surface area contributed by atoms with Crippen LogP contribution in [0.4, 0.5) is 10.8 Å². The normalized spacial score (nSPS) is 18.4. The third-order valence-electron chi connectivity index (χ3n) is 5.12. The van der Waals surface area contributed by atoms with Crippen LogP contribution in [-0.2, 0) is 22.4 Å². The molecule has 0 radical (unpaired) electrons. The van der Waals surface area contributed by atoms with Crippen LogP contribution in [0.15, 0.2) is 24.3 Å². The zero-order valence-electron chi connectivity index (χ0n) is 15.9. The Labute approximate surface area is 167 Å². The minimum Gasteiger partial charge on any atom is -0.298 e. The summed E-state index contributed by atoms with van der Waals surface area (Å²) in [7, 11) is 0. The number of fused-ring (bicyclic) bond motifs is 1. The van der Waals surface area contributed by atoms with Gasteiger partial charge in [0.15, 0.2) is 5.13 Å². The molecular weight excluding hydrogens is 376 g/mol. The van der Waals surface area contributed by atoms with Crippen molar-refractivity contribution in [2.45, 2.75) is 46.0 Å². The summed E-state index contributed by atoms with van der Waals surface area (Å²) in [5.74, 6) is -0.615. The molecule has 4 rings (SSSR count). The molecule has 1 fully saturated rings. The van der Waals surface area contributed by atoms with Crippen LogP contribution in [0.1, 0.15) is 54.0 Å². The van der Waals surface area contributed by atoms with Crippen molar-refractivity contribution < 1.29 is 14.4 Å². The van der Waals surface area contributed by atoms with E-state index in [1.165, 1.54) is 9.89 Å². The van der Waals surface area contributed by atoms with E-state index in [0.29, 0.717) is 16.4 Å². The van der Waals surface area contributed by atoms with E-state index < -0.39 is 0 Å². The van der Waals surface area contributed by atoms with Crippen LogP contribution in [0.25, 0.3) is 0 Å². The van der Waals surface area contributed by atoms with Gasteiger partial charge in [-0.25, -0.2) is 9.99 Å². The van der Waals surface area contributed by atoms with E-state index in [9.17, 15) is 14.4 Å². The molecule has 1 saturated heterocycles. The van der Waals surface area contributed by atoms with Crippen molar-refractivity contribution in [1.29, 1.82) is 0 Å². The summed E-state index contributed by atoms with van der Waals surface area (Å²) < 4.78 is 0.